The Hall–Kier alpha value is -3.41. The Morgan fingerprint density at radius 3 is 2.36 bits per heavy atom. The number of rotatable bonds is 4. The lowest BCUT2D eigenvalue weighted by molar-refractivity contribution is -0.122. The quantitative estimate of drug-likeness (QED) is 0.655. The Morgan fingerprint density at radius 1 is 1.00 bits per heavy atom. The maximum absolute atomic E-state index is 12.8. The molecule has 1 fully saturated rings. The standard InChI is InChI=1S/C22H20N2O4/c1-28-17-9-5-7-15(13-17)23-20(25)14-6-4-8-16(12-14)24-21(26)18-10-2-3-11-19(18)22(24)27/h2-9,12-13,18-19H,10-11H2,1H3,(H,23,25)/t18-,19-/m0/s1. The molecule has 0 radical (unpaired) electrons. The molecule has 1 aliphatic carbocycles. The van der Waals surface area contributed by atoms with Gasteiger partial charge >= 0.3 is 0 Å². The number of allylic oxidation sites excluding steroid dienone is 2. The van der Waals surface area contributed by atoms with Crippen LogP contribution in [0, 0.1) is 11.8 Å². The van der Waals surface area contributed by atoms with Gasteiger partial charge in [0.15, 0.2) is 0 Å². The van der Waals surface area contributed by atoms with Gasteiger partial charge in [0, 0.05) is 17.3 Å². The van der Waals surface area contributed by atoms with Crippen molar-refractivity contribution >= 4 is 29.1 Å². The van der Waals surface area contributed by atoms with Gasteiger partial charge < -0.3 is 10.1 Å². The van der Waals surface area contributed by atoms with Crippen molar-refractivity contribution in [2.45, 2.75) is 12.8 Å². The first-order valence-electron chi connectivity index (χ1n) is 9.17. The van der Waals surface area contributed by atoms with E-state index in [9.17, 15) is 14.4 Å². The zero-order valence-electron chi connectivity index (χ0n) is 15.4. The van der Waals surface area contributed by atoms with E-state index in [0.29, 0.717) is 35.5 Å². The third-order valence-electron chi connectivity index (χ3n) is 5.20. The molecular formula is C22H20N2O4. The molecule has 1 aliphatic heterocycles. The Morgan fingerprint density at radius 2 is 1.68 bits per heavy atom. The summed E-state index contributed by atoms with van der Waals surface area (Å²) in [6.07, 6.45) is 5.07. The summed E-state index contributed by atoms with van der Waals surface area (Å²) in [5.74, 6) is -0.669. The number of nitrogens with zero attached hydrogens (tertiary/aromatic N) is 1. The number of benzene rings is 2. The van der Waals surface area contributed by atoms with Crippen LogP contribution in [0.2, 0.25) is 0 Å². The Kier molecular flexibility index (Phi) is 4.69. The molecule has 0 spiro atoms. The van der Waals surface area contributed by atoms with Crippen LogP contribution in [-0.4, -0.2) is 24.8 Å². The van der Waals surface area contributed by atoms with E-state index in [1.54, 1.807) is 55.6 Å². The maximum Gasteiger partial charge on any atom is 0.255 e. The molecule has 1 heterocycles. The van der Waals surface area contributed by atoms with Crippen LogP contribution in [0.3, 0.4) is 0 Å². The molecule has 4 rings (SSSR count). The van der Waals surface area contributed by atoms with Crippen molar-refractivity contribution in [1.82, 2.24) is 0 Å². The first kappa shape index (κ1) is 18.0. The summed E-state index contributed by atoms with van der Waals surface area (Å²) < 4.78 is 5.16. The topological polar surface area (TPSA) is 75.7 Å². The van der Waals surface area contributed by atoms with Crippen molar-refractivity contribution in [3.8, 4) is 5.75 Å². The predicted molar refractivity (Wildman–Crippen MR) is 105 cm³/mol. The minimum atomic E-state index is -0.326. The van der Waals surface area contributed by atoms with Crippen LogP contribution in [0.15, 0.2) is 60.7 Å². The van der Waals surface area contributed by atoms with E-state index in [1.165, 1.54) is 4.90 Å². The van der Waals surface area contributed by atoms with E-state index in [1.807, 2.05) is 12.2 Å². The van der Waals surface area contributed by atoms with Crippen molar-refractivity contribution in [1.29, 1.82) is 0 Å². The van der Waals surface area contributed by atoms with E-state index < -0.39 is 0 Å². The summed E-state index contributed by atoms with van der Waals surface area (Å²) in [5, 5.41) is 2.81. The number of anilines is 2. The number of amides is 3. The summed E-state index contributed by atoms with van der Waals surface area (Å²) in [5.41, 5.74) is 1.40. The molecule has 2 aliphatic rings. The molecule has 28 heavy (non-hydrogen) atoms. The molecule has 0 bridgehead atoms. The molecular weight excluding hydrogens is 356 g/mol. The second kappa shape index (κ2) is 7.31. The number of imide groups is 1. The molecule has 1 N–H and O–H groups in total. The number of carbonyl (C=O) groups excluding carboxylic acids is 3. The van der Waals surface area contributed by atoms with Crippen molar-refractivity contribution in [3.05, 3.63) is 66.2 Å². The molecule has 6 heteroatoms. The van der Waals surface area contributed by atoms with Gasteiger partial charge in [-0.1, -0.05) is 24.3 Å². The highest BCUT2D eigenvalue weighted by Gasteiger charge is 2.47. The third-order valence-corrected chi connectivity index (χ3v) is 5.20. The van der Waals surface area contributed by atoms with E-state index >= 15 is 0 Å². The zero-order valence-corrected chi connectivity index (χ0v) is 15.4. The fraction of sp³-hybridized carbons (Fsp3) is 0.227. The maximum atomic E-state index is 12.8. The highest BCUT2D eigenvalue weighted by molar-refractivity contribution is 6.22. The number of fused-ring (bicyclic) bond motifs is 1. The monoisotopic (exact) mass is 376 g/mol. The first-order valence-corrected chi connectivity index (χ1v) is 9.17. The number of hydrogen-bond acceptors (Lipinski definition) is 4. The number of carbonyl (C=O) groups is 3. The van der Waals surface area contributed by atoms with Crippen LogP contribution in [0.5, 0.6) is 5.75 Å². The number of nitrogens with one attached hydrogen (secondary N) is 1. The van der Waals surface area contributed by atoms with Gasteiger partial charge in [0.05, 0.1) is 24.6 Å². The molecule has 3 amide bonds. The lowest BCUT2D eigenvalue weighted by atomic mass is 9.85. The van der Waals surface area contributed by atoms with Gasteiger partial charge in [-0.15, -0.1) is 0 Å². The highest BCUT2D eigenvalue weighted by Crippen LogP contribution is 2.37. The summed E-state index contributed by atoms with van der Waals surface area (Å²) in [6.45, 7) is 0. The molecule has 6 nitrogen and oxygen atoms in total. The summed E-state index contributed by atoms with van der Waals surface area (Å²) in [6, 6.07) is 13.6. The van der Waals surface area contributed by atoms with Gasteiger partial charge in [-0.25, -0.2) is 0 Å². The van der Waals surface area contributed by atoms with E-state index in [4.69, 9.17) is 4.74 Å². The summed E-state index contributed by atoms with van der Waals surface area (Å²) in [4.78, 5) is 39.4. The van der Waals surface area contributed by atoms with Crippen molar-refractivity contribution in [3.63, 3.8) is 0 Å². The first-order chi connectivity index (χ1) is 13.6. The second-order valence-electron chi connectivity index (χ2n) is 6.90. The Labute approximate surface area is 162 Å². The van der Waals surface area contributed by atoms with Gasteiger partial charge in [0.2, 0.25) is 11.8 Å². The minimum absolute atomic E-state index is 0.190. The Balaban J connectivity index is 1.57. The van der Waals surface area contributed by atoms with Gasteiger partial charge in [-0.3, -0.25) is 19.3 Å². The average Bonchev–Trinajstić information content (AvgIpc) is 2.99. The summed E-state index contributed by atoms with van der Waals surface area (Å²) in [7, 11) is 1.56. The SMILES string of the molecule is COc1cccc(NC(=O)c2cccc(N3C(=O)[C@H]4CC=CC[C@@H]4C3=O)c2)c1. The fourth-order valence-corrected chi connectivity index (χ4v) is 3.75. The smallest absolute Gasteiger partial charge is 0.255 e. The number of hydrogen-bond donors (Lipinski definition) is 1. The van der Waals surface area contributed by atoms with Crippen LogP contribution < -0.4 is 15.0 Å². The fourth-order valence-electron chi connectivity index (χ4n) is 3.75. The number of methoxy groups -OCH3 is 1. The molecule has 0 aromatic heterocycles. The lowest BCUT2D eigenvalue weighted by Crippen LogP contribution is -2.31. The van der Waals surface area contributed by atoms with Crippen LogP contribution in [0.25, 0.3) is 0 Å². The Bertz CT molecular complexity index is 956. The van der Waals surface area contributed by atoms with Gasteiger partial charge in [0.1, 0.15) is 5.75 Å². The van der Waals surface area contributed by atoms with Crippen molar-refractivity contribution in [2.75, 3.05) is 17.3 Å². The minimum Gasteiger partial charge on any atom is -0.497 e. The van der Waals surface area contributed by atoms with Crippen LogP contribution >= 0.6 is 0 Å². The number of ether oxygens (including phenoxy) is 1. The lowest BCUT2D eigenvalue weighted by Gasteiger charge is -2.16. The van der Waals surface area contributed by atoms with Crippen molar-refractivity contribution in [2.24, 2.45) is 11.8 Å². The second-order valence-corrected chi connectivity index (χ2v) is 6.90. The van der Waals surface area contributed by atoms with Gasteiger partial charge in [-0.05, 0) is 43.2 Å². The predicted octanol–water partition coefficient (Wildman–Crippen LogP) is 3.40. The normalized spacial score (nSPS) is 20.8. The molecule has 2 aromatic rings. The van der Waals surface area contributed by atoms with E-state index in [-0.39, 0.29) is 29.6 Å². The largest absolute Gasteiger partial charge is 0.497 e. The van der Waals surface area contributed by atoms with Crippen LogP contribution in [-0.2, 0) is 9.59 Å². The molecule has 0 saturated carbocycles. The molecule has 142 valence electrons. The van der Waals surface area contributed by atoms with Gasteiger partial charge in [0.25, 0.3) is 5.91 Å². The van der Waals surface area contributed by atoms with Crippen molar-refractivity contribution < 1.29 is 19.1 Å². The average molecular weight is 376 g/mol. The third kappa shape index (κ3) is 3.17. The van der Waals surface area contributed by atoms with E-state index in [0.717, 1.165) is 0 Å². The molecule has 0 unspecified atom stereocenters. The zero-order chi connectivity index (χ0) is 19.7. The molecule has 1 saturated heterocycles. The van der Waals surface area contributed by atoms with Crippen LogP contribution in [0.1, 0.15) is 23.2 Å². The van der Waals surface area contributed by atoms with E-state index in [2.05, 4.69) is 5.32 Å². The van der Waals surface area contributed by atoms with Gasteiger partial charge in [-0.2, -0.15) is 0 Å². The molecule has 2 atom stereocenters. The molecule has 2 aromatic carbocycles. The highest BCUT2D eigenvalue weighted by atomic mass is 16.5. The van der Waals surface area contributed by atoms with Crippen LogP contribution in [0.4, 0.5) is 11.4 Å². The summed E-state index contributed by atoms with van der Waals surface area (Å²) >= 11 is 0.